The second-order valence-electron chi connectivity index (χ2n) is 6.63. The maximum absolute atomic E-state index is 10.5. The fraction of sp³-hybridized carbons (Fsp3) is 0.867. The summed E-state index contributed by atoms with van der Waals surface area (Å²) in [6, 6.07) is 0. The lowest BCUT2D eigenvalue weighted by molar-refractivity contribution is -0.149. The van der Waals surface area contributed by atoms with Crippen molar-refractivity contribution in [2.75, 3.05) is 0 Å². The van der Waals surface area contributed by atoms with Crippen LogP contribution in [0, 0.1) is 23.7 Å². The Labute approximate surface area is 105 Å². The third-order valence-electron chi connectivity index (χ3n) is 5.10. The van der Waals surface area contributed by atoms with Gasteiger partial charge in [0, 0.05) is 0 Å². The van der Waals surface area contributed by atoms with Crippen LogP contribution in [0.4, 0.5) is 0 Å². The van der Waals surface area contributed by atoms with Crippen molar-refractivity contribution in [2.24, 2.45) is 23.7 Å². The van der Waals surface area contributed by atoms with E-state index in [9.17, 15) is 10.2 Å². The molecule has 0 aliphatic heterocycles. The fourth-order valence-electron chi connectivity index (χ4n) is 3.94. The van der Waals surface area contributed by atoms with Crippen molar-refractivity contribution in [1.29, 1.82) is 0 Å². The summed E-state index contributed by atoms with van der Waals surface area (Å²) < 4.78 is 0. The molecule has 98 valence electrons. The van der Waals surface area contributed by atoms with Gasteiger partial charge in [0.1, 0.15) is 0 Å². The molecule has 2 aliphatic carbocycles. The van der Waals surface area contributed by atoms with E-state index in [2.05, 4.69) is 20.4 Å². The van der Waals surface area contributed by atoms with E-state index < -0.39 is 11.7 Å². The first-order valence-electron chi connectivity index (χ1n) is 6.92. The topological polar surface area (TPSA) is 40.5 Å². The highest BCUT2D eigenvalue weighted by Gasteiger charge is 2.50. The molecule has 2 N–H and O–H groups in total. The van der Waals surface area contributed by atoms with Crippen molar-refractivity contribution < 1.29 is 10.2 Å². The Morgan fingerprint density at radius 2 is 2.00 bits per heavy atom. The van der Waals surface area contributed by atoms with Gasteiger partial charge in [-0.15, -0.1) is 0 Å². The molecule has 2 saturated carbocycles. The average molecular weight is 238 g/mol. The number of hydrogen-bond donors (Lipinski definition) is 2. The largest absolute Gasteiger partial charge is 0.390 e. The minimum Gasteiger partial charge on any atom is -0.390 e. The molecule has 0 radical (unpaired) electrons. The summed E-state index contributed by atoms with van der Waals surface area (Å²) in [6.07, 6.45) is 3.30. The second-order valence-corrected chi connectivity index (χ2v) is 6.63. The number of allylic oxidation sites excluding steroid dienone is 1. The van der Waals surface area contributed by atoms with Gasteiger partial charge in [0.15, 0.2) is 0 Å². The Balaban J connectivity index is 2.28. The molecule has 2 rings (SSSR count). The maximum Gasteiger partial charge on any atom is 0.0880 e. The van der Waals surface area contributed by atoms with Crippen LogP contribution in [-0.4, -0.2) is 21.9 Å². The van der Waals surface area contributed by atoms with Crippen LogP contribution >= 0.6 is 0 Å². The summed E-state index contributed by atoms with van der Waals surface area (Å²) in [7, 11) is 0. The smallest absolute Gasteiger partial charge is 0.0880 e. The van der Waals surface area contributed by atoms with Crippen LogP contribution in [0.2, 0.25) is 0 Å². The van der Waals surface area contributed by atoms with Crippen molar-refractivity contribution in [2.45, 2.75) is 58.2 Å². The van der Waals surface area contributed by atoms with Gasteiger partial charge in [0.2, 0.25) is 0 Å². The lowest BCUT2D eigenvalue weighted by Gasteiger charge is -2.51. The normalized spacial score (nSPS) is 47.1. The van der Waals surface area contributed by atoms with Crippen LogP contribution in [0.3, 0.4) is 0 Å². The lowest BCUT2D eigenvalue weighted by Crippen LogP contribution is -2.55. The molecule has 2 heteroatoms. The SMILES string of the molecule is C=C1CCC(C(C)C)[C@@H]2C(O)[C@@](C)(O)CC[C@@H]12. The minimum atomic E-state index is -0.911. The Kier molecular flexibility index (Phi) is 3.39. The molecule has 0 heterocycles. The van der Waals surface area contributed by atoms with Crippen molar-refractivity contribution in [1.82, 2.24) is 0 Å². The van der Waals surface area contributed by atoms with Gasteiger partial charge in [-0.3, -0.25) is 0 Å². The quantitative estimate of drug-likeness (QED) is 0.690. The molecule has 0 aromatic carbocycles. The molecule has 0 spiro atoms. The Morgan fingerprint density at radius 1 is 1.35 bits per heavy atom. The van der Waals surface area contributed by atoms with Gasteiger partial charge >= 0.3 is 0 Å². The first kappa shape index (κ1) is 13.1. The van der Waals surface area contributed by atoms with E-state index in [1.807, 2.05) is 0 Å². The van der Waals surface area contributed by atoms with E-state index >= 15 is 0 Å². The molecule has 0 aromatic heterocycles. The standard InChI is InChI=1S/C15H26O2/c1-9(2)11-6-5-10(3)12-7-8-15(4,17)14(16)13(11)12/h9,11-14,16-17H,3,5-8H2,1-2,4H3/t11?,12-,13-,14?,15-/m0/s1. The highest BCUT2D eigenvalue weighted by Crippen LogP contribution is 2.50. The lowest BCUT2D eigenvalue weighted by atomic mass is 9.57. The van der Waals surface area contributed by atoms with Crippen LogP contribution in [0.1, 0.15) is 46.5 Å². The molecule has 0 bridgehead atoms. The highest BCUT2D eigenvalue weighted by molar-refractivity contribution is 5.14. The van der Waals surface area contributed by atoms with Crippen LogP contribution in [0.15, 0.2) is 12.2 Å². The zero-order valence-electron chi connectivity index (χ0n) is 11.3. The molecule has 0 aromatic rings. The summed E-state index contributed by atoms with van der Waals surface area (Å²) in [4.78, 5) is 0. The molecule has 2 unspecified atom stereocenters. The zero-order chi connectivity index (χ0) is 12.8. The highest BCUT2D eigenvalue weighted by atomic mass is 16.3. The Hall–Kier alpha value is -0.340. The van der Waals surface area contributed by atoms with Gasteiger partial charge in [-0.05, 0) is 56.3 Å². The van der Waals surface area contributed by atoms with Crippen LogP contribution in [0.5, 0.6) is 0 Å². The molecule has 0 amide bonds. The van der Waals surface area contributed by atoms with E-state index in [0.29, 0.717) is 24.2 Å². The van der Waals surface area contributed by atoms with Crippen LogP contribution in [0.25, 0.3) is 0 Å². The summed E-state index contributed by atoms with van der Waals surface area (Å²) in [5.74, 6) is 1.72. The van der Waals surface area contributed by atoms with Gasteiger partial charge in [-0.1, -0.05) is 26.0 Å². The van der Waals surface area contributed by atoms with E-state index in [0.717, 1.165) is 19.3 Å². The molecular weight excluding hydrogens is 212 g/mol. The minimum absolute atomic E-state index is 0.208. The third kappa shape index (κ3) is 2.17. The molecular formula is C15H26O2. The predicted octanol–water partition coefficient (Wildman–Crippen LogP) is 2.75. The second kappa shape index (κ2) is 4.40. The zero-order valence-corrected chi connectivity index (χ0v) is 11.3. The summed E-state index contributed by atoms with van der Waals surface area (Å²) in [5.41, 5.74) is 0.382. The Bertz CT molecular complexity index is 304. The predicted molar refractivity (Wildman–Crippen MR) is 69.5 cm³/mol. The van der Waals surface area contributed by atoms with Crippen LogP contribution < -0.4 is 0 Å². The first-order valence-corrected chi connectivity index (χ1v) is 6.92. The Morgan fingerprint density at radius 3 is 2.59 bits per heavy atom. The van der Waals surface area contributed by atoms with Crippen LogP contribution in [-0.2, 0) is 0 Å². The van der Waals surface area contributed by atoms with Gasteiger partial charge in [-0.25, -0.2) is 0 Å². The molecule has 0 saturated heterocycles. The average Bonchev–Trinajstić information content (AvgIpc) is 2.24. The number of rotatable bonds is 1. The van der Waals surface area contributed by atoms with E-state index in [1.165, 1.54) is 5.57 Å². The number of hydrogen-bond acceptors (Lipinski definition) is 2. The number of fused-ring (bicyclic) bond motifs is 1. The first-order chi connectivity index (χ1) is 7.84. The molecule has 17 heavy (non-hydrogen) atoms. The van der Waals surface area contributed by atoms with Gasteiger partial charge in [0.25, 0.3) is 0 Å². The van der Waals surface area contributed by atoms with E-state index in [4.69, 9.17) is 0 Å². The van der Waals surface area contributed by atoms with Gasteiger partial charge in [0.05, 0.1) is 11.7 Å². The van der Waals surface area contributed by atoms with Crippen molar-refractivity contribution in [3.8, 4) is 0 Å². The summed E-state index contributed by atoms with van der Waals surface area (Å²) in [6.45, 7) is 10.4. The summed E-state index contributed by atoms with van der Waals surface area (Å²) in [5, 5.41) is 20.8. The van der Waals surface area contributed by atoms with Crippen molar-refractivity contribution in [3.05, 3.63) is 12.2 Å². The number of aliphatic hydroxyl groups is 2. The monoisotopic (exact) mass is 238 g/mol. The van der Waals surface area contributed by atoms with Crippen molar-refractivity contribution in [3.63, 3.8) is 0 Å². The molecule has 2 fully saturated rings. The van der Waals surface area contributed by atoms with E-state index in [1.54, 1.807) is 6.92 Å². The fourth-order valence-corrected chi connectivity index (χ4v) is 3.94. The maximum atomic E-state index is 10.5. The molecule has 5 atom stereocenters. The summed E-state index contributed by atoms with van der Waals surface area (Å²) >= 11 is 0. The van der Waals surface area contributed by atoms with Crippen molar-refractivity contribution >= 4 is 0 Å². The van der Waals surface area contributed by atoms with E-state index in [-0.39, 0.29) is 5.92 Å². The third-order valence-corrected chi connectivity index (χ3v) is 5.10. The molecule has 2 aliphatic rings. The van der Waals surface area contributed by atoms with Gasteiger partial charge < -0.3 is 10.2 Å². The number of aliphatic hydroxyl groups excluding tert-OH is 1. The molecule has 2 nitrogen and oxygen atoms in total. The van der Waals surface area contributed by atoms with Gasteiger partial charge in [-0.2, -0.15) is 0 Å².